The Labute approximate surface area is 122 Å². The van der Waals surface area contributed by atoms with Gasteiger partial charge < -0.3 is 9.84 Å². The molecule has 0 aromatic rings. The number of allylic oxidation sites excluding steroid dienone is 1. The summed E-state index contributed by atoms with van der Waals surface area (Å²) >= 11 is 0. The standard InChI is InChI=1S/C17H26O3/c1-3-5-6-7-8-9-11-15(17(19)20-4-2)14-12-10-13-16(14)18/h11,14,16,18H,3-7,10,12-13H2,1-2H3/b15-11+/t14-,16+/m1/s1. The van der Waals surface area contributed by atoms with Crippen molar-refractivity contribution >= 4 is 5.97 Å². The van der Waals surface area contributed by atoms with Gasteiger partial charge in [0.25, 0.3) is 0 Å². The van der Waals surface area contributed by atoms with E-state index in [1.54, 1.807) is 13.0 Å². The molecule has 0 unspecified atom stereocenters. The van der Waals surface area contributed by atoms with Crippen LogP contribution in [0.25, 0.3) is 0 Å². The van der Waals surface area contributed by atoms with E-state index < -0.39 is 6.10 Å². The van der Waals surface area contributed by atoms with E-state index in [2.05, 4.69) is 18.8 Å². The molecule has 1 saturated carbocycles. The lowest BCUT2D eigenvalue weighted by molar-refractivity contribution is -0.139. The number of hydrogen-bond acceptors (Lipinski definition) is 3. The molecule has 1 rings (SSSR count). The van der Waals surface area contributed by atoms with Gasteiger partial charge in [0.15, 0.2) is 0 Å². The number of unbranched alkanes of at least 4 members (excludes halogenated alkanes) is 3. The molecule has 0 aliphatic heterocycles. The predicted octanol–water partition coefficient (Wildman–Crippen LogP) is 3.22. The highest BCUT2D eigenvalue weighted by atomic mass is 16.5. The Morgan fingerprint density at radius 3 is 2.75 bits per heavy atom. The zero-order valence-corrected chi connectivity index (χ0v) is 12.7. The summed E-state index contributed by atoms with van der Waals surface area (Å²) in [6.45, 7) is 4.30. The summed E-state index contributed by atoms with van der Waals surface area (Å²) in [5, 5.41) is 9.95. The van der Waals surface area contributed by atoms with Crippen LogP contribution in [-0.4, -0.2) is 23.8 Å². The second-order valence-electron chi connectivity index (χ2n) is 5.20. The summed E-state index contributed by atoms with van der Waals surface area (Å²) in [4.78, 5) is 12.0. The summed E-state index contributed by atoms with van der Waals surface area (Å²) < 4.78 is 5.07. The molecule has 112 valence electrons. The Morgan fingerprint density at radius 1 is 1.35 bits per heavy atom. The first-order chi connectivity index (χ1) is 9.70. The molecule has 0 amide bonds. The van der Waals surface area contributed by atoms with Crippen molar-refractivity contribution < 1.29 is 14.6 Å². The minimum atomic E-state index is -0.437. The average molecular weight is 278 g/mol. The van der Waals surface area contributed by atoms with Gasteiger partial charge in [-0.25, -0.2) is 4.79 Å². The van der Waals surface area contributed by atoms with Gasteiger partial charge in [-0.05, 0) is 32.3 Å². The zero-order valence-electron chi connectivity index (χ0n) is 12.7. The first-order valence-electron chi connectivity index (χ1n) is 7.74. The van der Waals surface area contributed by atoms with E-state index in [1.807, 2.05) is 0 Å². The Kier molecular flexibility index (Phi) is 8.06. The lowest BCUT2D eigenvalue weighted by Gasteiger charge is -2.16. The minimum Gasteiger partial charge on any atom is -0.463 e. The first-order valence-corrected chi connectivity index (χ1v) is 7.74. The van der Waals surface area contributed by atoms with E-state index >= 15 is 0 Å². The molecule has 2 atom stereocenters. The summed E-state index contributed by atoms with van der Waals surface area (Å²) in [5.41, 5.74) is 0.542. The molecule has 0 aromatic carbocycles. The largest absolute Gasteiger partial charge is 0.463 e. The molecular formula is C17H26O3. The quantitative estimate of drug-likeness (QED) is 0.351. The van der Waals surface area contributed by atoms with E-state index in [0.29, 0.717) is 12.2 Å². The van der Waals surface area contributed by atoms with Crippen molar-refractivity contribution in [3.63, 3.8) is 0 Å². The molecule has 1 aliphatic carbocycles. The molecule has 3 nitrogen and oxygen atoms in total. The molecule has 1 aliphatic rings. The third kappa shape index (κ3) is 5.38. The first kappa shape index (κ1) is 16.8. The van der Waals surface area contributed by atoms with Crippen LogP contribution in [0.4, 0.5) is 0 Å². The van der Waals surface area contributed by atoms with Gasteiger partial charge in [-0.3, -0.25) is 0 Å². The maximum atomic E-state index is 12.0. The van der Waals surface area contributed by atoms with Crippen LogP contribution in [0.3, 0.4) is 0 Å². The lowest BCUT2D eigenvalue weighted by atomic mass is 9.95. The second kappa shape index (κ2) is 9.61. The molecule has 0 aromatic heterocycles. The lowest BCUT2D eigenvalue weighted by Crippen LogP contribution is -2.22. The van der Waals surface area contributed by atoms with Crippen molar-refractivity contribution in [1.82, 2.24) is 0 Å². The van der Waals surface area contributed by atoms with Crippen molar-refractivity contribution in [3.05, 3.63) is 11.6 Å². The van der Waals surface area contributed by atoms with Crippen molar-refractivity contribution in [2.45, 2.75) is 64.9 Å². The molecule has 0 heterocycles. The topological polar surface area (TPSA) is 46.5 Å². The Hall–Kier alpha value is -1.27. The van der Waals surface area contributed by atoms with Crippen molar-refractivity contribution in [1.29, 1.82) is 0 Å². The van der Waals surface area contributed by atoms with Gasteiger partial charge in [-0.1, -0.05) is 38.0 Å². The van der Waals surface area contributed by atoms with Crippen LogP contribution < -0.4 is 0 Å². The Bertz CT molecular complexity index is 387. The van der Waals surface area contributed by atoms with Crippen LogP contribution >= 0.6 is 0 Å². The molecule has 0 radical (unpaired) electrons. The number of ether oxygens (including phenoxy) is 1. The fourth-order valence-corrected chi connectivity index (χ4v) is 2.50. The van der Waals surface area contributed by atoms with Gasteiger partial charge in [-0.15, -0.1) is 0 Å². The van der Waals surface area contributed by atoms with E-state index in [-0.39, 0.29) is 11.9 Å². The number of hydrogen-bond donors (Lipinski definition) is 1. The average Bonchev–Trinajstić information content (AvgIpc) is 2.84. The normalized spacial score (nSPS) is 22.2. The highest BCUT2D eigenvalue weighted by molar-refractivity contribution is 5.89. The van der Waals surface area contributed by atoms with Gasteiger partial charge >= 0.3 is 5.97 Å². The predicted molar refractivity (Wildman–Crippen MR) is 80.0 cm³/mol. The fourth-order valence-electron chi connectivity index (χ4n) is 2.50. The highest BCUT2D eigenvalue weighted by Crippen LogP contribution is 2.32. The van der Waals surface area contributed by atoms with E-state index in [4.69, 9.17) is 4.74 Å². The third-order valence-electron chi connectivity index (χ3n) is 3.63. The van der Waals surface area contributed by atoms with Crippen molar-refractivity contribution in [3.8, 4) is 11.8 Å². The zero-order chi connectivity index (χ0) is 14.8. The number of rotatable bonds is 6. The van der Waals surface area contributed by atoms with Gasteiger partial charge in [0, 0.05) is 12.3 Å². The molecule has 20 heavy (non-hydrogen) atoms. The SMILES string of the molecule is CCCCCC#C/C=C(/C(=O)OCC)[C@H]1CCC[C@@H]1O. The summed E-state index contributed by atoms with van der Waals surface area (Å²) in [6.07, 6.45) is 8.08. The number of carbonyl (C=O) groups is 1. The summed E-state index contributed by atoms with van der Waals surface area (Å²) in [5.74, 6) is 5.58. The van der Waals surface area contributed by atoms with Gasteiger partial charge in [0.1, 0.15) is 0 Å². The number of aliphatic hydroxyl groups excluding tert-OH is 1. The molecule has 0 bridgehead atoms. The minimum absolute atomic E-state index is 0.112. The smallest absolute Gasteiger partial charge is 0.335 e. The molecule has 1 fully saturated rings. The Balaban J connectivity index is 2.68. The maximum absolute atomic E-state index is 12.0. The second-order valence-corrected chi connectivity index (χ2v) is 5.20. The van der Waals surface area contributed by atoms with Crippen molar-refractivity contribution in [2.24, 2.45) is 5.92 Å². The van der Waals surface area contributed by atoms with Crippen LogP contribution in [0.1, 0.15) is 58.8 Å². The van der Waals surface area contributed by atoms with E-state index in [9.17, 15) is 9.90 Å². The van der Waals surface area contributed by atoms with Crippen LogP contribution in [0.15, 0.2) is 11.6 Å². The monoisotopic (exact) mass is 278 g/mol. The molecule has 3 heteroatoms. The molecular weight excluding hydrogens is 252 g/mol. The highest BCUT2D eigenvalue weighted by Gasteiger charge is 2.32. The van der Waals surface area contributed by atoms with Crippen molar-refractivity contribution in [2.75, 3.05) is 6.61 Å². The third-order valence-corrected chi connectivity index (χ3v) is 3.63. The van der Waals surface area contributed by atoms with E-state index in [1.165, 1.54) is 12.8 Å². The van der Waals surface area contributed by atoms with Crippen LogP contribution in [-0.2, 0) is 9.53 Å². The number of esters is 1. The summed E-state index contributed by atoms with van der Waals surface area (Å²) in [7, 11) is 0. The molecule has 0 spiro atoms. The Morgan fingerprint density at radius 2 is 2.15 bits per heavy atom. The van der Waals surface area contributed by atoms with Crippen LogP contribution in [0.5, 0.6) is 0 Å². The number of aliphatic hydroxyl groups is 1. The van der Waals surface area contributed by atoms with Crippen LogP contribution in [0, 0.1) is 17.8 Å². The van der Waals surface area contributed by atoms with E-state index in [0.717, 1.165) is 32.1 Å². The van der Waals surface area contributed by atoms with Gasteiger partial charge in [0.05, 0.1) is 18.3 Å². The maximum Gasteiger partial charge on any atom is 0.335 e. The molecule has 0 saturated heterocycles. The van der Waals surface area contributed by atoms with Crippen LogP contribution in [0.2, 0.25) is 0 Å². The van der Waals surface area contributed by atoms with Gasteiger partial charge in [0.2, 0.25) is 0 Å². The fraction of sp³-hybridized carbons (Fsp3) is 0.706. The summed E-state index contributed by atoms with van der Waals surface area (Å²) in [6, 6.07) is 0. The molecule has 1 N–H and O–H groups in total. The number of carbonyl (C=O) groups excluding carboxylic acids is 1. The van der Waals surface area contributed by atoms with Gasteiger partial charge in [-0.2, -0.15) is 0 Å².